The summed E-state index contributed by atoms with van der Waals surface area (Å²) in [5.41, 5.74) is 4.90. The molecule has 0 aliphatic carbocycles. The number of ether oxygens (including phenoxy) is 2. The van der Waals surface area contributed by atoms with Crippen molar-refractivity contribution in [3.8, 4) is 5.75 Å². The van der Waals surface area contributed by atoms with Gasteiger partial charge in [0.2, 0.25) is 0 Å². The first-order chi connectivity index (χ1) is 10.2. The van der Waals surface area contributed by atoms with Gasteiger partial charge in [-0.05, 0) is 32.9 Å². The minimum absolute atomic E-state index is 0.0397. The number of likely N-dealkylation sites (tertiary alicyclic amines) is 1. The molecule has 2 heterocycles. The summed E-state index contributed by atoms with van der Waals surface area (Å²) in [6, 6.07) is 3.24. The Kier molecular flexibility index (Phi) is 4.73. The second-order valence-corrected chi connectivity index (χ2v) is 6.31. The number of hydrogen-bond acceptors (Lipinski definition) is 5. The maximum absolute atomic E-state index is 14.2. The standard InChI is InChI=1S/C15H22FN3O3/c1-15(2,3)22-14(20)19-7-6-12(11(16)9-19)21-10-4-5-13(17)18-8-10/h4-5,8,11-12H,6-7,9H2,1-3H3,(H2,17,18). The SMILES string of the molecule is CC(C)(C)OC(=O)N1CCC(Oc2ccc(N)nc2)C(F)C1. The molecule has 1 aliphatic rings. The predicted molar refractivity (Wildman–Crippen MR) is 80.4 cm³/mol. The Bertz CT molecular complexity index is 516. The van der Waals surface area contributed by atoms with Crippen LogP contribution in [0, 0.1) is 0 Å². The van der Waals surface area contributed by atoms with Crippen LogP contribution in [0.3, 0.4) is 0 Å². The fourth-order valence-electron chi connectivity index (χ4n) is 2.14. The number of rotatable bonds is 2. The third kappa shape index (κ3) is 4.47. The maximum atomic E-state index is 14.2. The fraction of sp³-hybridized carbons (Fsp3) is 0.600. The molecular weight excluding hydrogens is 289 g/mol. The van der Waals surface area contributed by atoms with Crippen LogP contribution in [0.1, 0.15) is 27.2 Å². The van der Waals surface area contributed by atoms with E-state index in [0.29, 0.717) is 24.5 Å². The first kappa shape index (κ1) is 16.3. The Hall–Kier alpha value is -2.05. The number of carbonyl (C=O) groups excluding carboxylic acids is 1. The monoisotopic (exact) mass is 311 g/mol. The number of alkyl halides is 1. The first-order valence-electron chi connectivity index (χ1n) is 7.25. The van der Waals surface area contributed by atoms with Crippen molar-refractivity contribution in [2.24, 2.45) is 0 Å². The molecule has 2 unspecified atom stereocenters. The van der Waals surface area contributed by atoms with Crippen molar-refractivity contribution in [1.29, 1.82) is 0 Å². The average molecular weight is 311 g/mol. The van der Waals surface area contributed by atoms with E-state index in [2.05, 4.69) is 4.98 Å². The topological polar surface area (TPSA) is 77.7 Å². The zero-order valence-electron chi connectivity index (χ0n) is 13.1. The summed E-state index contributed by atoms with van der Waals surface area (Å²) in [6.45, 7) is 5.69. The Morgan fingerprint density at radius 1 is 1.45 bits per heavy atom. The van der Waals surface area contributed by atoms with Crippen LogP contribution in [0.25, 0.3) is 0 Å². The summed E-state index contributed by atoms with van der Waals surface area (Å²) >= 11 is 0. The lowest BCUT2D eigenvalue weighted by Gasteiger charge is -2.35. The van der Waals surface area contributed by atoms with Crippen molar-refractivity contribution in [3.05, 3.63) is 18.3 Å². The van der Waals surface area contributed by atoms with Crippen molar-refractivity contribution in [1.82, 2.24) is 9.88 Å². The normalized spacial score (nSPS) is 22.3. The zero-order valence-corrected chi connectivity index (χ0v) is 13.1. The van der Waals surface area contributed by atoms with E-state index in [1.807, 2.05) is 0 Å². The van der Waals surface area contributed by atoms with E-state index in [0.717, 1.165) is 0 Å². The van der Waals surface area contributed by atoms with Gasteiger partial charge in [-0.2, -0.15) is 0 Å². The molecule has 6 nitrogen and oxygen atoms in total. The molecule has 0 spiro atoms. The van der Waals surface area contributed by atoms with Gasteiger partial charge in [-0.1, -0.05) is 0 Å². The summed E-state index contributed by atoms with van der Waals surface area (Å²) in [6.07, 6.45) is -0.529. The molecule has 2 rings (SSSR count). The number of aromatic nitrogens is 1. The van der Waals surface area contributed by atoms with Crippen molar-refractivity contribution in [2.75, 3.05) is 18.8 Å². The summed E-state index contributed by atoms with van der Waals surface area (Å²) < 4.78 is 25.1. The predicted octanol–water partition coefficient (Wildman–Crippen LogP) is 2.39. The Labute approximate surface area is 129 Å². The summed E-state index contributed by atoms with van der Waals surface area (Å²) in [5.74, 6) is 0.844. The third-order valence-corrected chi connectivity index (χ3v) is 3.18. The highest BCUT2D eigenvalue weighted by atomic mass is 19.1. The lowest BCUT2D eigenvalue weighted by Crippen LogP contribution is -2.50. The van der Waals surface area contributed by atoms with Crippen molar-refractivity contribution in [3.63, 3.8) is 0 Å². The average Bonchev–Trinajstić information content (AvgIpc) is 2.41. The third-order valence-electron chi connectivity index (χ3n) is 3.18. The molecule has 2 N–H and O–H groups in total. The highest BCUT2D eigenvalue weighted by molar-refractivity contribution is 5.68. The number of nitrogens with two attached hydrogens (primary N) is 1. The first-order valence-corrected chi connectivity index (χ1v) is 7.25. The number of piperidine rings is 1. The molecule has 7 heteroatoms. The van der Waals surface area contributed by atoms with Gasteiger partial charge in [0.25, 0.3) is 0 Å². The highest BCUT2D eigenvalue weighted by Crippen LogP contribution is 2.22. The minimum Gasteiger partial charge on any atom is -0.486 e. The second-order valence-electron chi connectivity index (χ2n) is 6.31. The molecule has 2 atom stereocenters. The van der Waals surface area contributed by atoms with Gasteiger partial charge in [-0.3, -0.25) is 0 Å². The molecule has 1 fully saturated rings. The number of pyridine rings is 1. The number of anilines is 1. The Balaban J connectivity index is 1.90. The maximum Gasteiger partial charge on any atom is 0.410 e. The molecule has 122 valence electrons. The van der Waals surface area contributed by atoms with Gasteiger partial charge in [-0.25, -0.2) is 14.2 Å². The van der Waals surface area contributed by atoms with E-state index in [9.17, 15) is 9.18 Å². The van der Waals surface area contributed by atoms with Crippen LogP contribution in [0.5, 0.6) is 5.75 Å². The van der Waals surface area contributed by atoms with Gasteiger partial charge >= 0.3 is 6.09 Å². The Morgan fingerprint density at radius 2 is 2.18 bits per heavy atom. The number of carbonyl (C=O) groups is 1. The summed E-state index contributed by atoms with van der Waals surface area (Å²) in [4.78, 5) is 17.2. The highest BCUT2D eigenvalue weighted by Gasteiger charge is 2.34. The van der Waals surface area contributed by atoms with Gasteiger partial charge in [-0.15, -0.1) is 0 Å². The van der Waals surface area contributed by atoms with Crippen LogP contribution in [0.2, 0.25) is 0 Å². The van der Waals surface area contributed by atoms with Gasteiger partial charge in [0, 0.05) is 13.0 Å². The lowest BCUT2D eigenvalue weighted by atomic mass is 10.1. The number of nitrogen functional groups attached to an aromatic ring is 1. The van der Waals surface area contributed by atoms with Crippen molar-refractivity contribution < 1.29 is 18.7 Å². The molecule has 0 bridgehead atoms. The van der Waals surface area contributed by atoms with Crippen LogP contribution in [0.4, 0.5) is 15.0 Å². The molecule has 1 aromatic rings. The lowest BCUT2D eigenvalue weighted by molar-refractivity contribution is -0.0106. The minimum atomic E-state index is -1.28. The molecule has 1 aromatic heterocycles. The zero-order chi connectivity index (χ0) is 16.3. The number of halogens is 1. The second kappa shape index (κ2) is 6.37. The van der Waals surface area contributed by atoms with Crippen LogP contribution in [-0.2, 0) is 4.74 Å². The van der Waals surface area contributed by atoms with Gasteiger partial charge in [0.15, 0.2) is 6.17 Å². The quantitative estimate of drug-likeness (QED) is 0.907. The molecule has 0 aromatic carbocycles. The van der Waals surface area contributed by atoms with Crippen LogP contribution in [0.15, 0.2) is 18.3 Å². The van der Waals surface area contributed by atoms with E-state index in [1.165, 1.54) is 11.1 Å². The molecule has 1 saturated heterocycles. The van der Waals surface area contributed by atoms with Gasteiger partial charge in [0.1, 0.15) is 23.3 Å². The summed E-state index contributed by atoms with van der Waals surface area (Å²) in [7, 11) is 0. The molecule has 1 amide bonds. The Morgan fingerprint density at radius 3 is 2.73 bits per heavy atom. The smallest absolute Gasteiger partial charge is 0.410 e. The van der Waals surface area contributed by atoms with E-state index in [4.69, 9.17) is 15.2 Å². The molecule has 0 radical (unpaired) electrons. The number of hydrogen-bond donors (Lipinski definition) is 1. The molecular formula is C15H22FN3O3. The van der Waals surface area contributed by atoms with Crippen LogP contribution >= 0.6 is 0 Å². The van der Waals surface area contributed by atoms with E-state index < -0.39 is 24.0 Å². The number of nitrogens with zero attached hydrogens (tertiary/aromatic N) is 2. The van der Waals surface area contributed by atoms with Crippen LogP contribution < -0.4 is 10.5 Å². The largest absolute Gasteiger partial charge is 0.486 e. The van der Waals surface area contributed by atoms with Gasteiger partial charge in [0.05, 0.1) is 12.7 Å². The van der Waals surface area contributed by atoms with E-state index >= 15 is 0 Å². The number of amides is 1. The van der Waals surface area contributed by atoms with Crippen LogP contribution in [-0.4, -0.2) is 46.9 Å². The molecule has 22 heavy (non-hydrogen) atoms. The fourth-order valence-corrected chi connectivity index (χ4v) is 2.14. The molecule has 0 saturated carbocycles. The van der Waals surface area contributed by atoms with Gasteiger partial charge < -0.3 is 20.1 Å². The molecule has 1 aliphatic heterocycles. The summed E-state index contributed by atoms with van der Waals surface area (Å²) in [5, 5.41) is 0. The van der Waals surface area contributed by atoms with Crippen molar-refractivity contribution >= 4 is 11.9 Å². The van der Waals surface area contributed by atoms with E-state index in [-0.39, 0.29) is 6.54 Å². The van der Waals surface area contributed by atoms with Crippen molar-refractivity contribution in [2.45, 2.75) is 45.1 Å². The van der Waals surface area contributed by atoms with E-state index in [1.54, 1.807) is 32.9 Å².